The van der Waals surface area contributed by atoms with Crippen LogP contribution in [0.1, 0.15) is 16.8 Å². The number of nitrogens with two attached hydrogens (primary N) is 1. The first-order valence-corrected chi connectivity index (χ1v) is 4.52. The van der Waals surface area contributed by atoms with Crippen molar-refractivity contribution in [3.8, 4) is 0 Å². The van der Waals surface area contributed by atoms with Gasteiger partial charge in [-0.3, -0.25) is 4.79 Å². The summed E-state index contributed by atoms with van der Waals surface area (Å²) in [5.74, 6) is 0.102. The number of hydrogen-bond acceptors (Lipinski definition) is 2. The maximum absolute atomic E-state index is 11.3. The van der Waals surface area contributed by atoms with Gasteiger partial charge in [0.05, 0.1) is 0 Å². The largest absolute Gasteiger partial charge is 0.330 e. The molecule has 0 saturated heterocycles. The molecule has 0 spiro atoms. The standard InChI is InChI=1S/C9H10BrNO.ClH/c10-8-3-1-7(2-4-8)9(12)5-6-11;/h1-4H,5-6,11H2;1H. The maximum atomic E-state index is 11.3. The third-order valence-electron chi connectivity index (χ3n) is 1.54. The van der Waals surface area contributed by atoms with Crippen LogP contribution in [-0.2, 0) is 0 Å². The highest BCUT2D eigenvalue weighted by Gasteiger charge is 2.02. The molecule has 0 aromatic heterocycles. The van der Waals surface area contributed by atoms with Gasteiger partial charge >= 0.3 is 0 Å². The van der Waals surface area contributed by atoms with Gasteiger partial charge in [0.15, 0.2) is 5.78 Å². The first-order chi connectivity index (χ1) is 5.74. The van der Waals surface area contributed by atoms with Crippen molar-refractivity contribution in [3.05, 3.63) is 34.3 Å². The number of rotatable bonds is 3. The van der Waals surface area contributed by atoms with Crippen molar-refractivity contribution in [2.45, 2.75) is 6.42 Å². The summed E-state index contributed by atoms with van der Waals surface area (Å²) in [5, 5.41) is 0. The topological polar surface area (TPSA) is 43.1 Å². The molecule has 2 N–H and O–H groups in total. The highest BCUT2D eigenvalue weighted by atomic mass is 79.9. The Morgan fingerprint density at radius 2 is 1.85 bits per heavy atom. The lowest BCUT2D eigenvalue weighted by molar-refractivity contribution is 0.0985. The van der Waals surface area contributed by atoms with Crippen molar-refractivity contribution in [3.63, 3.8) is 0 Å². The van der Waals surface area contributed by atoms with E-state index in [1.54, 1.807) is 12.1 Å². The summed E-state index contributed by atoms with van der Waals surface area (Å²) < 4.78 is 0.979. The maximum Gasteiger partial charge on any atom is 0.164 e. The molecule has 72 valence electrons. The van der Waals surface area contributed by atoms with E-state index in [1.807, 2.05) is 12.1 Å². The van der Waals surface area contributed by atoms with E-state index in [2.05, 4.69) is 15.9 Å². The van der Waals surface area contributed by atoms with Crippen LogP contribution in [0.4, 0.5) is 0 Å². The number of benzene rings is 1. The van der Waals surface area contributed by atoms with Gasteiger partial charge in [-0.1, -0.05) is 28.1 Å². The summed E-state index contributed by atoms with van der Waals surface area (Å²) in [6.07, 6.45) is 0.418. The lowest BCUT2D eigenvalue weighted by Crippen LogP contribution is -2.07. The molecular weight excluding hydrogens is 253 g/mol. The number of carbonyl (C=O) groups is 1. The second-order valence-corrected chi connectivity index (χ2v) is 3.38. The fourth-order valence-electron chi connectivity index (χ4n) is 0.911. The molecule has 1 rings (SSSR count). The molecule has 0 atom stereocenters. The number of carbonyl (C=O) groups excluding carboxylic acids is 1. The molecule has 0 aliphatic heterocycles. The van der Waals surface area contributed by atoms with Gasteiger partial charge in [-0.05, 0) is 18.7 Å². The Hall–Kier alpha value is -0.380. The summed E-state index contributed by atoms with van der Waals surface area (Å²) in [7, 11) is 0. The van der Waals surface area contributed by atoms with Crippen LogP contribution in [0.5, 0.6) is 0 Å². The van der Waals surface area contributed by atoms with Crippen LogP contribution in [0.15, 0.2) is 28.7 Å². The van der Waals surface area contributed by atoms with Gasteiger partial charge in [-0.25, -0.2) is 0 Å². The van der Waals surface area contributed by atoms with Gasteiger partial charge in [0.1, 0.15) is 0 Å². The minimum Gasteiger partial charge on any atom is -0.330 e. The van der Waals surface area contributed by atoms with Crippen LogP contribution < -0.4 is 5.73 Å². The summed E-state index contributed by atoms with van der Waals surface area (Å²) in [6.45, 7) is 0.412. The molecule has 13 heavy (non-hydrogen) atoms. The Morgan fingerprint density at radius 3 is 2.31 bits per heavy atom. The zero-order chi connectivity index (χ0) is 8.97. The molecule has 0 fully saturated rings. The van der Waals surface area contributed by atoms with Crippen LogP contribution in [-0.4, -0.2) is 12.3 Å². The SMILES string of the molecule is Cl.NCCC(=O)c1ccc(Br)cc1. The highest BCUT2D eigenvalue weighted by molar-refractivity contribution is 9.10. The molecule has 0 radical (unpaired) electrons. The number of halogens is 2. The molecule has 0 unspecified atom stereocenters. The third kappa shape index (κ3) is 3.89. The molecule has 0 aliphatic carbocycles. The van der Waals surface area contributed by atoms with Gasteiger partial charge in [-0.15, -0.1) is 12.4 Å². The molecule has 0 aliphatic rings. The van der Waals surface area contributed by atoms with Gasteiger partial charge in [0.25, 0.3) is 0 Å². The lowest BCUT2D eigenvalue weighted by atomic mass is 10.1. The van der Waals surface area contributed by atoms with Crippen molar-refractivity contribution < 1.29 is 4.79 Å². The van der Waals surface area contributed by atoms with Crippen LogP contribution in [0.25, 0.3) is 0 Å². The van der Waals surface area contributed by atoms with E-state index in [4.69, 9.17) is 5.73 Å². The molecule has 0 bridgehead atoms. The van der Waals surface area contributed by atoms with Crippen LogP contribution in [0, 0.1) is 0 Å². The van der Waals surface area contributed by atoms with Crippen molar-refractivity contribution in [2.24, 2.45) is 5.73 Å². The molecule has 1 aromatic rings. The van der Waals surface area contributed by atoms with Crippen LogP contribution in [0.3, 0.4) is 0 Å². The average Bonchev–Trinajstić information content (AvgIpc) is 2.06. The molecule has 0 amide bonds. The fraction of sp³-hybridized carbons (Fsp3) is 0.222. The monoisotopic (exact) mass is 263 g/mol. The summed E-state index contributed by atoms with van der Waals surface area (Å²) in [6, 6.07) is 7.29. The lowest BCUT2D eigenvalue weighted by Gasteiger charge is -1.97. The van der Waals surface area contributed by atoms with Crippen LogP contribution in [0.2, 0.25) is 0 Å². The third-order valence-corrected chi connectivity index (χ3v) is 2.07. The number of hydrogen-bond donors (Lipinski definition) is 1. The second-order valence-electron chi connectivity index (χ2n) is 2.47. The highest BCUT2D eigenvalue weighted by Crippen LogP contribution is 2.11. The predicted molar refractivity (Wildman–Crippen MR) is 59.4 cm³/mol. The average molecular weight is 265 g/mol. The van der Waals surface area contributed by atoms with E-state index < -0.39 is 0 Å². The fourth-order valence-corrected chi connectivity index (χ4v) is 1.18. The summed E-state index contributed by atoms with van der Waals surface area (Å²) in [4.78, 5) is 11.3. The Labute approximate surface area is 92.0 Å². The molecule has 1 aromatic carbocycles. The van der Waals surface area contributed by atoms with Gasteiger partial charge < -0.3 is 5.73 Å². The quantitative estimate of drug-likeness (QED) is 0.852. The Bertz CT molecular complexity index is 273. The molecular formula is C9H11BrClNO. The first kappa shape index (κ1) is 12.6. The van der Waals surface area contributed by atoms with E-state index in [0.29, 0.717) is 13.0 Å². The predicted octanol–water partition coefficient (Wildman–Crippen LogP) is 2.40. The van der Waals surface area contributed by atoms with E-state index in [-0.39, 0.29) is 18.2 Å². The molecule has 2 nitrogen and oxygen atoms in total. The Kier molecular flexibility index (Phi) is 5.95. The van der Waals surface area contributed by atoms with Gasteiger partial charge in [0, 0.05) is 16.5 Å². The van der Waals surface area contributed by atoms with Crippen LogP contribution >= 0.6 is 28.3 Å². The molecule has 4 heteroatoms. The summed E-state index contributed by atoms with van der Waals surface area (Å²) >= 11 is 3.30. The molecule has 0 heterocycles. The smallest absolute Gasteiger partial charge is 0.164 e. The van der Waals surface area contributed by atoms with E-state index >= 15 is 0 Å². The second kappa shape index (κ2) is 6.13. The van der Waals surface area contributed by atoms with Gasteiger partial charge in [-0.2, -0.15) is 0 Å². The first-order valence-electron chi connectivity index (χ1n) is 3.73. The van der Waals surface area contributed by atoms with E-state index in [9.17, 15) is 4.79 Å². The minimum atomic E-state index is 0. The zero-order valence-corrected chi connectivity index (χ0v) is 9.40. The van der Waals surface area contributed by atoms with E-state index in [1.165, 1.54) is 0 Å². The molecule has 0 saturated carbocycles. The van der Waals surface area contributed by atoms with Crippen molar-refractivity contribution in [2.75, 3.05) is 6.54 Å². The van der Waals surface area contributed by atoms with Crippen molar-refractivity contribution in [1.29, 1.82) is 0 Å². The Balaban J connectivity index is 0.00000144. The number of Topliss-reactive ketones (excluding diaryl/α,β-unsaturated/α-hetero) is 1. The van der Waals surface area contributed by atoms with E-state index in [0.717, 1.165) is 10.0 Å². The van der Waals surface area contributed by atoms with Crippen molar-refractivity contribution in [1.82, 2.24) is 0 Å². The minimum absolute atomic E-state index is 0. The number of ketones is 1. The Morgan fingerprint density at radius 1 is 1.31 bits per heavy atom. The normalized spacial score (nSPS) is 9.08. The van der Waals surface area contributed by atoms with Gasteiger partial charge in [0.2, 0.25) is 0 Å². The van der Waals surface area contributed by atoms with Crippen molar-refractivity contribution >= 4 is 34.1 Å². The summed E-state index contributed by atoms with van der Waals surface area (Å²) in [5.41, 5.74) is 5.99. The zero-order valence-electron chi connectivity index (χ0n) is 7.00.